The summed E-state index contributed by atoms with van der Waals surface area (Å²) in [7, 11) is 3.04. The molecule has 2 heterocycles. The number of hydrogen-bond donors (Lipinski definition) is 2. The molecular weight excluding hydrogens is 354 g/mol. The Balaban J connectivity index is 1.65. The molecule has 2 aliphatic rings. The number of nitro benzene ring substituents is 1. The van der Waals surface area contributed by atoms with Crippen LogP contribution in [-0.4, -0.2) is 24.9 Å². The molecule has 9 nitrogen and oxygen atoms in total. The first-order chi connectivity index (χ1) is 13.0. The molecule has 0 spiro atoms. The van der Waals surface area contributed by atoms with E-state index in [0.717, 1.165) is 0 Å². The molecule has 0 aliphatic carbocycles. The molecule has 2 aromatic rings. The van der Waals surface area contributed by atoms with Crippen LogP contribution >= 0.6 is 0 Å². The number of benzene rings is 2. The summed E-state index contributed by atoms with van der Waals surface area (Å²) in [4.78, 5) is 23.3. The third kappa shape index (κ3) is 2.78. The molecule has 1 unspecified atom stereocenters. The number of rotatable bonds is 4. The largest absolute Gasteiger partial charge is 0.497 e. The van der Waals surface area contributed by atoms with Crippen molar-refractivity contribution in [1.29, 1.82) is 0 Å². The summed E-state index contributed by atoms with van der Waals surface area (Å²) in [6.45, 7) is 0. The summed E-state index contributed by atoms with van der Waals surface area (Å²) in [5.74, 6) is 1.02. The van der Waals surface area contributed by atoms with Crippen LogP contribution in [0.1, 0.15) is 11.7 Å². The SMILES string of the molecule is COc1cc(OC)cc(C2OC3=C(Nc4ccc([N+](=O)[O-])cc4N3)C2=O)c1. The van der Waals surface area contributed by atoms with Crippen LogP contribution in [0.5, 0.6) is 11.5 Å². The second kappa shape index (κ2) is 6.20. The van der Waals surface area contributed by atoms with Crippen molar-refractivity contribution in [3.8, 4) is 11.5 Å². The molecule has 0 saturated carbocycles. The average molecular weight is 369 g/mol. The van der Waals surface area contributed by atoms with Gasteiger partial charge >= 0.3 is 0 Å². The molecule has 0 fully saturated rings. The lowest BCUT2D eigenvalue weighted by Gasteiger charge is -2.19. The molecule has 0 aromatic heterocycles. The van der Waals surface area contributed by atoms with Gasteiger partial charge < -0.3 is 24.8 Å². The maximum Gasteiger partial charge on any atom is 0.271 e. The highest BCUT2D eigenvalue weighted by molar-refractivity contribution is 6.06. The molecule has 2 aromatic carbocycles. The monoisotopic (exact) mass is 369 g/mol. The maximum atomic E-state index is 12.8. The minimum Gasteiger partial charge on any atom is -0.497 e. The van der Waals surface area contributed by atoms with E-state index in [1.54, 1.807) is 24.3 Å². The van der Waals surface area contributed by atoms with Gasteiger partial charge in [0.25, 0.3) is 5.69 Å². The highest BCUT2D eigenvalue weighted by atomic mass is 16.6. The Hall–Kier alpha value is -3.75. The Morgan fingerprint density at radius 3 is 2.37 bits per heavy atom. The third-order valence-corrected chi connectivity index (χ3v) is 4.35. The van der Waals surface area contributed by atoms with Gasteiger partial charge in [0.05, 0.1) is 30.5 Å². The number of non-ortho nitro benzene ring substituents is 1. The van der Waals surface area contributed by atoms with Crippen molar-refractivity contribution in [3.63, 3.8) is 0 Å². The van der Waals surface area contributed by atoms with Crippen molar-refractivity contribution < 1.29 is 23.9 Å². The summed E-state index contributed by atoms with van der Waals surface area (Å²) in [6, 6.07) is 9.37. The minimum atomic E-state index is -0.886. The number of ketones is 1. The number of nitrogens with zero attached hydrogens (tertiary/aromatic N) is 1. The quantitative estimate of drug-likeness (QED) is 0.625. The zero-order valence-corrected chi connectivity index (χ0v) is 14.4. The number of methoxy groups -OCH3 is 2. The Bertz CT molecular complexity index is 978. The standard InChI is InChI=1S/C18H15N3O6/c1-25-11-5-9(6-12(8-11)26-2)17-16(22)15-18(27-17)20-14-7-10(21(23)24)3-4-13(14)19-15/h3-8,17,19-20H,1-2H3. The second-order valence-corrected chi connectivity index (χ2v) is 5.95. The zero-order chi connectivity index (χ0) is 19.1. The predicted octanol–water partition coefficient (Wildman–Crippen LogP) is 2.96. The molecule has 2 aliphatic heterocycles. The van der Waals surface area contributed by atoms with Gasteiger partial charge in [-0.25, -0.2) is 0 Å². The number of carbonyl (C=O) groups is 1. The highest BCUT2D eigenvalue weighted by Crippen LogP contribution is 2.41. The van der Waals surface area contributed by atoms with Crippen molar-refractivity contribution in [3.05, 3.63) is 63.7 Å². The van der Waals surface area contributed by atoms with Crippen LogP contribution in [0.15, 0.2) is 48.0 Å². The Labute approximate surface area is 153 Å². The summed E-state index contributed by atoms with van der Waals surface area (Å²) in [6.07, 6.45) is -0.886. The number of anilines is 2. The van der Waals surface area contributed by atoms with E-state index < -0.39 is 11.0 Å². The predicted molar refractivity (Wildman–Crippen MR) is 95.7 cm³/mol. The molecule has 138 valence electrons. The van der Waals surface area contributed by atoms with Crippen molar-refractivity contribution in [2.75, 3.05) is 24.9 Å². The number of nitrogens with one attached hydrogen (secondary N) is 2. The fourth-order valence-electron chi connectivity index (χ4n) is 3.00. The first kappa shape index (κ1) is 16.7. The number of nitro groups is 1. The number of ether oxygens (including phenoxy) is 3. The van der Waals surface area contributed by atoms with Crippen molar-refractivity contribution in [1.82, 2.24) is 0 Å². The van der Waals surface area contributed by atoms with Crippen LogP contribution in [0.3, 0.4) is 0 Å². The smallest absolute Gasteiger partial charge is 0.271 e. The lowest BCUT2D eigenvalue weighted by molar-refractivity contribution is -0.384. The first-order valence-corrected chi connectivity index (χ1v) is 8.00. The molecule has 0 bridgehead atoms. The van der Waals surface area contributed by atoms with Gasteiger partial charge in [-0.1, -0.05) is 0 Å². The van der Waals surface area contributed by atoms with Gasteiger partial charge in [0.2, 0.25) is 11.7 Å². The molecule has 4 rings (SSSR count). The van der Waals surface area contributed by atoms with Crippen LogP contribution in [0.2, 0.25) is 0 Å². The molecule has 27 heavy (non-hydrogen) atoms. The normalized spacial score (nSPS) is 17.3. The van der Waals surface area contributed by atoms with E-state index in [9.17, 15) is 14.9 Å². The van der Waals surface area contributed by atoms with Crippen LogP contribution in [0, 0.1) is 10.1 Å². The van der Waals surface area contributed by atoms with Crippen molar-refractivity contribution in [2.45, 2.75) is 6.10 Å². The summed E-state index contributed by atoms with van der Waals surface area (Å²) >= 11 is 0. The second-order valence-electron chi connectivity index (χ2n) is 5.95. The summed E-state index contributed by atoms with van der Waals surface area (Å²) in [5.41, 5.74) is 1.79. The zero-order valence-electron chi connectivity index (χ0n) is 14.4. The van der Waals surface area contributed by atoms with Gasteiger partial charge in [-0.2, -0.15) is 0 Å². The van der Waals surface area contributed by atoms with Crippen LogP contribution in [0.25, 0.3) is 0 Å². The van der Waals surface area contributed by atoms with E-state index in [4.69, 9.17) is 14.2 Å². The topological polar surface area (TPSA) is 112 Å². The lowest BCUT2D eigenvalue weighted by Crippen LogP contribution is -2.18. The molecule has 0 radical (unpaired) electrons. The lowest BCUT2D eigenvalue weighted by atomic mass is 10.0. The number of fused-ring (bicyclic) bond motifs is 1. The van der Waals surface area contributed by atoms with Gasteiger partial charge in [0.15, 0.2) is 6.10 Å². The van der Waals surface area contributed by atoms with Gasteiger partial charge in [-0.05, 0) is 18.2 Å². The highest BCUT2D eigenvalue weighted by Gasteiger charge is 2.39. The summed E-state index contributed by atoms with van der Waals surface area (Å²) in [5, 5.41) is 16.9. The van der Waals surface area contributed by atoms with Gasteiger partial charge in [-0.15, -0.1) is 0 Å². The third-order valence-electron chi connectivity index (χ3n) is 4.35. The van der Waals surface area contributed by atoms with Gasteiger partial charge in [0.1, 0.15) is 17.2 Å². The van der Waals surface area contributed by atoms with E-state index in [1.807, 2.05) is 0 Å². The first-order valence-electron chi connectivity index (χ1n) is 8.00. The Kier molecular flexibility index (Phi) is 3.84. The minimum absolute atomic E-state index is 0.0643. The fourth-order valence-corrected chi connectivity index (χ4v) is 3.00. The van der Waals surface area contributed by atoms with Crippen LogP contribution in [-0.2, 0) is 9.53 Å². The molecule has 0 saturated heterocycles. The molecule has 1 atom stereocenters. The molecule has 2 N–H and O–H groups in total. The van der Waals surface area contributed by atoms with Gasteiger partial charge in [0, 0.05) is 23.8 Å². The van der Waals surface area contributed by atoms with E-state index in [1.165, 1.54) is 26.4 Å². The fraction of sp³-hybridized carbons (Fsp3) is 0.167. The van der Waals surface area contributed by atoms with Crippen LogP contribution < -0.4 is 20.1 Å². The number of Topliss-reactive ketones (excluding diaryl/α,β-unsaturated/α-hetero) is 1. The van der Waals surface area contributed by atoms with Gasteiger partial charge in [-0.3, -0.25) is 14.9 Å². The molecule has 0 amide bonds. The number of hydrogen-bond acceptors (Lipinski definition) is 8. The Morgan fingerprint density at radius 1 is 1.04 bits per heavy atom. The maximum absolute atomic E-state index is 12.8. The Morgan fingerprint density at radius 2 is 1.74 bits per heavy atom. The van der Waals surface area contributed by atoms with Crippen molar-refractivity contribution in [2.24, 2.45) is 0 Å². The van der Waals surface area contributed by atoms with E-state index in [0.29, 0.717) is 28.4 Å². The van der Waals surface area contributed by atoms with E-state index >= 15 is 0 Å². The average Bonchev–Trinajstić information content (AvgIpc) is 3.01. The summed E-state index contributed by atoms with van der Waals surface area (Å²) < 4.78 is 16.3. The number of carbonyl (C=O) groups excluding carboxylic acids is 1. The van der Waals surface area contributed by atoms with Crippen molar-refractivity contribution >= 4 is 22.8 Å². The van der Waals surface area contributed by atoms with Crippen LogP contribution in [0.4, 0.5) is 17.1 Å². The molecular formula is C18H15N3O6. The van der Waals surface area contributed by atoms with E-state index in [-0.39, 0.29) is 23.1 Å². The van der Waals surface area contributed by atoms with E-state index in [2.05, 4.69) is 10.6 Å². The molecule has 9 heteroatoms.